The summed E-state index contributed by atoms with van der Waals surface area (Å²) in [6, 6.07) is -2.56. The number of carbonyl (C=O) groups is 4. The fraction of sp³-hybridized carbons (Fsp3) is 0.667. The number of hydrogen-bond donors (Lipinski definition) is 3. The molecule has 30 heavy (non-hydrogen) atoms. The smallest absolute Gasteiger partial charge is 0.331 e. The Balaban J connectivity index is 0.000000244. The van der Waals surface area contributed by atoms with E-state index in [0.29, 0.717) is 0 Å². The summed E-state index contributed by atoms with van der Waals surface area (Å²) >= 11 is 0. The molecule has 0 bridgehead atoms. The predicted molar refractivity (Wildman–Crippen MR) is 93.0 cm³/mol. The molecular formula is C12H15N9O8S. The summed E-state index contributed by atoms with van der Waals surface area (Å²) in [4.78, 5) is 48.8. The molecule has 3 fully saturated rings. The molecule has 3 N–H and O–H groups in total. The number of hydrogen-bond acceptors (Lipinski definition) is 8. The summed E-state index contributed by atoms with van der Waals surface area (Å²) in [5, 5.41) is 7.86. The Kier molecular flexibility index (Phi) is 6.68. The van der Waals surface area contributed by atoms with Crippen LogP contribution in [0.4, 0.5) is 4.79 Å². The molecule has 3 saturated heterocycles. The highest BCUT2D eigenvalue weighted by molar-refractivity contribution is 7.88. The van der Waals surface area contributed by atoms with Crippen molar-refractivity contribution < 1.29 is 37.1 Å². The van der Waals surface area contributed by atoms with E-state index < -0.39 is 46.2 Å². The van der Waals surface area contributed by atoms with Gasteiger partial charge in [-0.25, -0.2) is 18.0 Å². The van der Waals surface area contributed by atoms with Gasteiger partial charge in [0.2, 0.25) is 5.91 Å². The number of rotatable bonds is 4. The van der Waals surface area contributed by atoms with Crippen molar-refractivity contribution >= 4 is 34.1 Å². The molecular weight excluding hydrogens is 430 g/mol. The van der Waals surface area contributed by atoms with Crippen LogP contribution in [0.3, 0.4) is 0 Å². The topological polar surface area (TPSA) is 254 Å². The first kappa shape index (κ1) is 22.7. The van der Waals surface area contributed by atoms with E-state index in [9.17, 15) is 27.6 Å². The summed E-state index contributed by atoms with van der Waals surface area (Å²) in [6.45, 7) is 3.09. The van der Waals surface area contributed by atoms with Gasteiger partial charge in [-0.15, -0.1) is 0 Å². The van der Waals surface area contributed by atoms with E-state index in [2.05, 4.69) is 34.8 Å². The maximum atomic E-state index is 11.5. The number of amides is 3. The number of azide groups is 2. The Hall–Kier alpha value is -3.59. The molecule has 17 nitrogen and oxygen atoms in total. The first-order valence-corrected chi connectivity index (χ1v) is 9.60. The van der Waals surface area contributed by atoms with Crippen LogP contribution in [0.25, 0.3) is 20.9 Å². The molecule has 0 aromatic heterocycles. The average molecular weight is 445 g/mol. The van der Waals surface area contributed by atoms with Gasteiger partial charge < -0.3 is 20.1 Å². The summed E-state index contributed by atoms with van der Waals surface area (Å²) in [5.41, 5.74) is 16.2. The third-order valence-electron chi connectivity index (χ3n) is 4.27. The Morgan fingerprint density at radius 1 is 1.07 bits per heavy atom. The zero-order chi connectivity index (χ0) is 22.6. The molecule has 6 atom stereocenters. The fourth-order valence-corrected chi connectivity index (χ4v) is 3.69. The van der Waals surface area contributed by atoms with E-state index in [1.54, 1.807) is 11.6 Å². The summed E-state index contributed by atoms with van der Waals surface area (Å²) in [7, 11) is -4.48. The van der Waals surface area contributed by atoms with Crippen LogP contribution in [-0.2, 0) is 34.1 Å². The second-order valence-electron chi connectivity index (χ2n) is 6.20. The number of nitrogens with zero attached hydrogens (tertiary/aromatic N) is 6. The summed E-state index contributed by atoms with van der Waals surface area (Å²) in [6.07, 6.45) is -1.20. The Morgan fingerprint density at radius 3 is 2.27 bits per heavy atom. The van der Waals surface area contributed by atoms with E-state index in [-0.39, 0.29) is 24.1 Å². The minimum absolute atomic E-state index is 0.185. The molecule has 0 unspecified atom stereocenters. The molecule has 0 aliphatic carbocycles. The van der Waals surface area contributed by atoms with Crippen molar-refractivity contribution in [1.29, 1.82) is 0 Å². The zero-order valence-electron chi connectivity index (χ0n) is 15.3. The average Bonchev–Trinajstić information content (AvgIpc) is 3.23. The van der Waals surface area contributed by atoms with Gasteiger partial charge in [0, 0.05) is 14.3 Å². The molecule has 3 rings (SSSR count). The first-order chi connectivity index (χ1) is 14.0. The van der Waals surface area contributed by atoms with Gasteiger partial charge in [0.15, 0.2) is 6.04 Å². The Labute approximate surface area is 167 Å². The largest absolute Gasteiger partial charge is 0.461 e. The van der Waals surface area contributed by atoms with Gasteiger partial charge >= 0.3 is 28.2 Å². The number of carbonyl (C=O) groups excluding carboxylic acids is 4. The van der Waals surface area contributed by atoms with E-state index in [1.807, 2.05) is 0 Å². The van der Waals surface area contributed by atoms with Crippen molar-refractivity contribution in [2.45, 2.75) is 44.2 Å². The van der Waals surface area contributed by atoms with Crippen molar-refractivity contribution in [2.24, 2.45) is 15.6 Å². The highest BCUT2D eigenvalue weighted by Crippen LogP contribution is 2.25. The van der Waals surface area contributed by atoms with Crippen LogP contribution in [0.5, 0.6) is 0 Å². The number of nitrogens with one attached hydrogen (secondary N) is 3. The fourth-order valence-electron chi connectivity index (χ4n) is 2.99. The highest BCUT2D eigenvalue weighted by Gasteiger charge is 2.49. The molecule has 3 amide bonds. The van der Waals surface area contributed by atoms with Crippen LogP contribution in [0.15, 0.2) is 9.63 Å². The SMILES string of the molecule is C[C@@H]1OC(=O)[C@@H](NS(=O)(=O)N=[N+]=[N-])[C@H]1C(=O)N=[N+]=[N-].C[C@@H]1OC(=O)[C@H]2NC(=O)N[C@@H]12. The quantitative estimate of drug-likeness (QED) is 0.206. The molecule has 3 aliphatic rings. The maximum absolute atomic E-state index is 11.5. The van der Waals surface area contributed by atoms with Crippen molar-refractivity contribution in [3.63, 3.8) is 0 Å². The lowest BCUT2D eigenvalue weighted by Gasteiger charge is -2.14. The molecule has 3 aliphatic heterocycles. The third-order valence-corrected chi connectivity index (χ3v) is 5.11. The number of fused-ring (bicyclic) bond motifs is 1. The van der Waals surface area contributed by atoms with Crippen molar-refractivity contribution in [3.05, 3.63) is 20.9 Å². The van der Waals surface area contributed by atoms with Gasteiger partial charge in [0.1, 0.15) is 18.2 Å². The molecule has 162 valence electrons. The van der Waals surface area contributed by atoms with Crippen LogP contribution in [0, 0.1) is 5.92 Å². The van der Waals surface area contributed by atoms with E-state index in [1.165, 1.54) is 6.92 Å². The summed E-state index contributed by atoms with van der Waals surface area (Å²) < 4.78 is 36.1. The van der Waals surface area contributed by atoms with Crippen LogP contribution >= 0.6 is 0 Å². The van der Waals surface area contributed by atoms with Crippen molar-refractivity contribution in [3.8, 4) is 0 Å². The monoisotopic (exact) mass is 445 g/mol. The van der Waals surface area contributed by atoms with Crippen LogP contribution in [0.1, 0.15) is 13.8 Å². The maximum Gasteiger partial charge on any atom is 0.331 e. The van der Waals surface area contributed by atoms with Gasteiger partial charge in [-0.1, -0.05) is 0 Å². The minimum Gasteiger partial charge on any atom is -0.461 e. The molecule has 0 aromatic rings. The summed E-state index contributed by atoms with van der Waals surface area (Å²) in [5.74, 6) is -3.77. The molecule has 0 spiro atoms. The van der Waals surface area contributed by atoms with E-state index in [4.69, 9.17) is 15.8 Å². The Bertz CT molecular complexity index is 970. The first-order valence-electron chi connectivity index (χ1n) is 8.16. The van der Waals surface area contributed by atoms with Crippen LogP contribution in [-0.4, -0.2) is 62.6 Å². The van der Waals surface area contributed by atoms with Crippen molar-refractivity contribution in [1.82, 2.24) is 15.4 Å². The highest BCUT2D eigenvalue weighted by atomic mass is 32.2. The molecule has 0 saturated carbocycles. The number of ether oxygens (including phenoxy) is 2. The van der Waals surface area contributed by atoms with Gasteiger partial charge in [0.05, 0.1) is 12.0 Å². The normalized spacial score (nSPS) is 31.5. The predicted octanol–water partition coefficient (Wildman–Crippen LogP) is -1.12. The number of urea groups is 1. The second-order valence-corrected chi connectivity index (χ2v) is 7.55. The van der Waals surface area contributed by atoms with Crippen molar-refractivity contribution in [2.75, 3.05) is 0 Å². The molecule has 0 aromatic carbocycles. The second kappa shape index (κ2) is 8.83. The van der Waals surface area contributed by atoms with E-state index >= 15 is 0 Å². The molecule has 0 radical (unpaired) electrons. The molecule has 3 heterocycles. The van der Waals surface area contributed by atoms with Gasteiger partial charge in [0.25, 0.3) is 0 Å². The van der Waals surface area contributed by atoms with E-state index in [0.717, 1.165) is 0 Å². The number of cyclic esters (lactones) is 2. The van der Waals surface area contributed by atoms with Gasteiger partial charge in [-0.3, -0.25) is 9.59 Å². The van der Waals surface area contributed by atoms with Gasteiger partial charge in [-0.05, 0) is 30.0 Å². The standard InChI is InChI=1S/C6H7N7O5S.C6H8N2O3/c1-2-3(5(14)9-11-7)4(6(15)18-2)10-19(16,17)13-12-8;1-2-3-4(5(9)11-2)8-6(10)7-3/h2-4,10H,1H3;2-4H,1H3,(H2,7,8,10)/t2*2-,3-,4-/m00/s1. The van der Waals surface area contributed by atoms with Crippen LogP contribution < -0.4 is 15.4 Å². The Morgan fingerprint density at radius 2 is 1.70 bits per heavy atom. The number of esters is 2. The van der Waals surface area contributed by atoms with Gasteiger partial charge in [-0.2, -0.15) is 4.72 Å². The lowest BCUT2D eigenvalue weighted by molar-refractivity contribution is -0.143. The van der Waals surface area contributed by atoms with Crippen LogP contribution in [0.2, 0.25) is 0 Å². The zero-order valence-corrected chi connectivity index (χ0v) is 16.1. The third kappa shape index (κ3) is 4.87. The lowest BCUT2D eigenvalue weighted by atomic mass is 9.98. The molecule has 18 heteroatoms. The lowest BCUT2D eigenvalue weighted by Crippen LogP contribution is -2.44. The minimum atomic E-state index is -4.48.